The van der Waals surface area contributed by atoms with Gasteiger partial charge in [0.15, 0.2) is 0 Å². The Bertz CT molecular complexity index is 1420. The quantitative estimate of drug-likeness (QED) is 0.427. The Morgan fingerprint density at radius 1 is 1.12 bits per heavy atom. The predicted molar refractivity (Wildman–Crippen MR) is 162 cm³/mol. The Hall–Kier alpha value is -3.10. The number of ether oxygens (including phenoxy) is 1. The van der Waals surface area contributed by atoms with Crippen LogP contribution in [0, 0.1) is 20.8 Å². The average Bonchev–Trinajstić information content (AvgIpc) is 3.52. The number of aromatic nitrogens is 2. The number of fused-ring (bicyclic) bond motifs is 1. The van der Waals surface area contributed by atoms with Crippen molar-refractivity contribution in [1.82, 2.24) is 15.1 Å². The number of aryl methyl sites for hydroxylation is 3. The minimum absolute atomic E-state index is 0.0360. The van der Waals surface area contributed by atoms with Crippen molar-refractivity contribution in [3.8, 4) is 5.69 Å². The third-order valence-corrected chi connectivity index (χ3v) is 8.83. The lowest BCUT2D eigenvalue weighted by Gasteiger charge is -2.25. The van der Waals surface area contributed by atoms with Gasteiger partial charge in [0.2, 0.25) is 11.8 Å². The summed E-state index contributed by atoms with van der Waals surface area (Å²) in [5.41, 5.74) is 7.06. The fourth-order valence-corrected chi connectivity index (χ4v) is 6.80. The molecule has 1 saturated heterocycles. The third kappa shape index (κ3) is 5.84. The van der Waals surface area contributed by atoms with E-state index in [9.17, 15) is 9.59 Å². The van der Waals surface area contributed by atoms with E-state index in [2.05, 4.69) is 89.3 Å². The van der Waals surface area contributed by atoms with E-state index < -0.39 is 0 Å². The van der Waals surface area contributed by atoms with Crippen LogP contribution in [0.25, 0.3) is 5.69 Å². The second kappa shape index (κ2) is 11.4. The highest BCUT2D eigenvalue weighted by molar-refractivity contribution is 8.00. The van der Waals surface area contributed by atoms with Crippen LogP contribution in [0.15, 0.2) is 42.5 Å². The number of anilines is 1. The molecule has 2 aromatic carbocycles. The van der Waals surface area contributed by atoms with Crippen molar-refractivity contribution >= 4 is 29.4 Å². The van der Waals surface area contributed by atoms with E-state index >= 15 is 0 Å². The molecule has 5 rings (SSSR count). The number of carbonyl (C=O) groups is 2. The van der Waals surface area contributed by atoms with Crippen LogP contribution in [-0.4, -0.2) is 53.1 Å². The molecule has 2 aliphatic rings. The summed E-state index contributed by atoms with van der Waals surface area (Å²) < 4.78 is 7.60. The summed E-state index contributed by atoms with van der Waals surface area (Å²) in [4.78, 5) is 28.8. The zero-order chi connectivity index (χ0) is 28.6. The fraction of sp³-hybridized carbons (Fsp3) is 0.469. The van der Waals surface area contributed by atoms with Crippen molar-refractivity contribution in [2.75, 3.05) is 30.3 Å². The molecule has 40 heavy (non-hydrogen) atoms. The van der Waals surface area contributed by atoms with E-state index in [4.69, 9.17) is 9.84 Å². The van der Waals surface area contributed by atoms with Gasteiger partial charge in [0.1, 0.15) is 12.4 Å². The molecule has 2 amide bonds. The molecule has 0 saturated carbocycles. The lowest BCUT2D eigenvalue weighted by molar-refractivity contribution is -0.123. The molecule has 2 atom stereocenters. The summed E-state index contributed by atoms with van der Waals surface area (Å²) in [6.07, 6.45) is 1.99. The summed E-state index contributed by atoms with van der Waals surface area (Å²) in [6, 6.07) is 14.7. The molecule has 1 aromatic heterocycles. The second-order valence-corrected chi connectivity index (χ2v) is 13.2. The summed E-state index contributed by atoms with van der Waals surface area (Å²) in [6.45, 7) is 13.8. The fourth-order valence-electron chi connectivity index (χ4n) is 5.61. The van der Waals surface area contributed by atoms with Crippen LogP contribution in [0.4, 0.5) is 5.82 Å². The van der Waals surface area contributed by atoms with Gasteiger partial charge in [0.05, 0.1) is 28.5 Å². The van der Waals surface area contributed by atoms with Crippen molar-refractivity contribution in [2.24, 2.45) is 0 Å². The number of hydrogen-bond acceptors (Lipinski definition) is 5. The zero-order valence-corrected chi connectivity index (χ0v) is 25.2. The molecular formula is C32H40N4O3S. The Labute approximate surface area is 241 Å². The summed E-state index contributed by atoms with van der Waals surface area (Å²) in [7, 11) is 0. The SMILES string of the molecule is Cc1cccc([C@@H]2SCC(=O)N(CC(=O)NC[C@@H]3CCCO3)c3c2c(C(C)(C)C)nn3-c2ccc(C)cc2C)c1. The molecular weight excluding hydrogens is 520 g/mol. The van der Waals surface area contributed by atoms with Gasteiger partial charge in [0, 0.05) is 24.1 Å². The maximum Gasteiger partial charge on any atom is 0.240 e. The number of benzene rings is 2. The van der Waals surface area contributed by atoms with Crippen LogP contribution in [0.2, 0.25) is 0 Å². The maximum absolute atomic E-state index is 13.9. The van der Waals surface area contributed by atoms with Gasteiger partial charge in [-0.15, -0.1) is 11.8 Å². The molecule has 0 radical (unpaired) electrons. The Kier molecular flexibility index (Phi) is 8.11. The molecule has 2 aliphatic heterocycles. The van der Waals surface area contributed by atoms with Gasteiger partial charge < -0.3 is 10.1 Å². The number of nitrogens with one attached hydrogen (secondary N) is 1. The van der Waals surface area contributed by atoms with Crippen LogP contribution < -0.4 is 10.2 Å². The predicted octanol–water partition coefficient (Wildman–Crippen LogP) is 5.56. The number of hydrogen-bond donors (Lipinski definition) is 1. The second-order valence-electron chi connectivity index (χ2n) is 12.1. The molecule has 3 aromatic rings. The van der Waals surface area contributed by atoms with Crippen molar-refractivity contribution in [2.45, 2.75) is 71.2 Å². The summed E-state index contributed by atoms with van der Waals surface area (Å²) in [5, 5.41) is 8.13. The molecule has 1 fully saturated rings. The van der Waals surface area contributed by atoms with Crippen LogP contribution >= 0.6 is 11.8 Å². The van der Waals surface area contributed by atoms with Crippen molar-refractivity contribution in [1.29, 1.82) is 0 Å². The average molecular weight is 561 g/mol. The summed E-state index contributed by atoms with van der Waals surface area (Å²) in [5.74, 6) is 0.660. The number of thioether (sulfide) groups is 1. The highest BCUT2D eigenvalue weighted by atomic mass is 32.2. The number of nitrogens with zero attached hydrogens (tertiary/aromatic N) is 3. The minimum Gasteiger partial charge on any atom is -0.376 e. The Balaban J connectivity index is 1.68. The van der Waals surface area contributed by atoms with Gasteiger partial charge in [-0.05, 0) is 50.8 Å². The molecule has 8 heteroatoms. The largest absolute Gasteiger partial charge is 0.376 e. The Morgan fingerprint density at radius 2 is 1.90 bits per heavy atom. The van der Waals surface area contributed by atoms with Crippen LogP contribution in [-0.2, 0) is 19.7 Å². The van der Waals surface area contributed by atoms with Gasteiger partial charge in [-0.2, -0.15) is 5.10 Å². The topological polar surface area (TPSA) is 76.5 Å². The van der Waals surface area contributed by atoms with E-state index in [0.29, 0.717) is 12.4 Å². The van der Waals surface area contributed by atoms with Gasteiger partial charge in [-0.1, -0.05) is 68.3 Å². The van der Waals surface area contributed by atoms with E-state index in [0.717, 1.165) is 53.1 Å². The third-order valence-electron chi connectivity index (χ3n) is 7.58. The van der Waals surface area contributed by atoms with Crippen molar-refractivity contribution in [3.63, 3.8) is 0 Å². The molecule has 3 heterocycles. The first-order valence-electron chi connectivity index (χ1n) is 14.1. The first-order valence-corrected chi connectivity index (χ1v) is 15.2. The number of amides is 2. The van der Waals surface area contributed by atoms with Gasteiger partial charge in [-0.3, -0.25) is 14.5 Å². The molecule has 0 aliphatic carbocycles. The zero-order valence-electron chi connectivity index (χ0n) is 24.4. The van der Waals surface area contributed by atoms with E-state index in [1.54, 1.807) is 16.7 Å². The maximum atomic E-state index is 13.9. The van der Waals surface area contributed by atoms with Gasteiger partial charge in [-0.25, -0.2) is 4.68 Å². The highest BCUT2D eigenvalue weighted by Gasteiger charge is 2.40. The first kappa shape index (κ1) is 28.4. The smallest absolute Gasteiger partial charge is 0.240 e. The van der Waals surface area contributed by atoms with Gasteiger partial charge >= 0.3 is 0 Å². The number of rotatable bonds is 6. The molecule has 0 spiro atoms. The normalized spacial score (nSPS) is 19.4. The monoisotopic (exact) mass is 560 g/mol. The first-order chi connectivity index (χ1) is 19.0. The molecule has 1 N–H and O–H groups in total. The van der Waals surface area contributed by atoms with Crippen molar-refractivity contribution in [3.05, 3.63) is 76.0 Å². The van der Waals surface area contributed by atoms with E-state index in [-0.39, 0.29) is 40.9 Å². The number of carbonyl (C=O) groups excluding carboxylic acids is 2. The summed E-state index contributed by atoms with van der Waals surface area (Å²) >= 11 is 1.61. The molecule has 212 valence electrons. The minimum atomic E-state index is -0.294. The lowest BCUT2D eigenvalue weighted by Crippen LogP contribution is -2.44. The van der Waals surface area contributed by atoms with Crippen LogP contribution in [0.1, 0.15) is 72.4 Å². The van der Waals surface area contributed by atoms with Crippen LogP contribution in [0.3, 0.4) is 0 Å². The van der Waals surface area contributed by atoms with Gasteiger partial charge in [0.25, 0.3) is 0 Å². The van der Waals surface area contributed by atoms with E-state index in [1.807, 2.05) is 4.68 Å². The lowest BCUT2D eigenvalue weighted by atomic mass is 9.87. The molecule has 0 unspecified atom stereocenters. The van der Waals surface area contributed by atoms with E-state index in [1.165, 1.54) is 5.56 Å². The molecule has 7 nitrogen and oxygen atoms in total. The molecule has 0 bridgehead atoms. The standard InChI is InChI=1S/C32H40N4O3S/c1-20-9-7-10-23(16-20)29-28-30(32(4,5)6)34-36(25-13-12-21(2)15-22(25)3)31(28)35(27(38)19-40-29)18-26(37)33-17-24-11-8-14-39-24/h7,9-10,12-13,15-16,24,29H,8,11,14,17-19H2,1-6H3,(H,33,37)/t24-,29-/m0/s1. The van der Waals surface area contributed by atoms with Crippen LogP contribution in [0.5, 0.6) is 0 Å². The Morgan fingerprint density at radius 3 is 2.58 bits per heavy atom. The van der Waals surface area contributed by atoms with Crippen molar-refractivity contribution < 1.29 is 14.3 Å². The highest BCUT2D eigenvalue weighted by Crippen LogP contribution is 2.48.